The van der Waals surface area contributed by atoms with Gasteiger partial charge in [-0.1, -0.05) is 24.6 Å². The third-order valence-corrected chi connectivity index (χ3v) is 1.77. The number of carbonyl (C=O) groups is 1. The van der Waals surface area contributed by atoms with Gasteiger partial charge in [0.1, 0.15) is 5.82 Å². The highest BCUT2D eigenvalue weighted by Gasteiger charge is 1.99. The van der Waals surface area contributed by atoms with Gasteiger partial charge in [0.2, 0.25) is 0 Å². The van der Waals surface area contributed by atoms with Crippen LogP contribution in [0.1, 0.15) is 13.3 Å². The Hall–Kier alpha value is -1.55. The van der Waals surface area contributed by atoms with E-state index in [-0.39, 0.29) is 6.03 Å². The van der Waals surface area contributed by atoms with E-state index in [9.17, 15) is 4.79 Å². The quantitative estimate of drug-likeness (QED) is 0.831. The molecule has 0 aliphatic rings. The largest absolute Gasteiger partial charge is 0.324 e. The summed E-state index contributed by atoms with van der Waals surface area (Å²) in [4.78, 5) is 15.2. The van der Waals surface area contributed by atoms with Crippen molar-refractivity contribution in [1.29, 1.82) is 0 Å². The van der Waals surface area contributed by atoms with Crippen molar-refractivity contribution in [1.82, 2.24) is 10.3 Å². The van der Waals surface area contributed by atoms with Crippen LogP contribution in [-0.2, 0) is 0 Å². The summed E-state index contributed by atoms with van der Waals surface area (Å²) in [6, 6.07) is 2.88. The SMILES string of the molecule is CC/C=C/NC(=O)Nc1cc(Cl)ccn1. The Kier molecular flexibility index (Phi) is 4.63. The van der Waals surface area contributed by atoms with Crippen molar-refractivity contribution in [2.24, 2.45) is 0 Å². The lowest BCUT2D eigenvalue weighted by Gasteiger charge is -2.03. The number of hydrogen-bond donors (Lipinski definition) is 2. The van der Waals surface area contributed by atoms with E-state index in [1.54, 1.807) is 18.3 Å². The average molecular weight is 226 g/mol. The zero-order valence-electron chi connectivity index (χ0n) is 8.33. The zero-order valence-corrected chi connectivity index (χ0v) is 9.08. The summed E-state index contributed by atoms with van der Waals surface area (Å²) in [5.41, 5.74) is 0. The summed E-state index contributed by atoms with van der Waals surface area (Å²) in [6.45, 7) is 1.98. The lowest BCUT2D eigenvalue weighted by molar-refractivity contribution is 0.255. The number of anilines is 1. The maximum Gasteiger partial charge on any atom is 0.324 e. The van der Waals surface area contributed by atoms with Crippen LogP contribution in [-0.4, -0.2) is 11.0 Å². The molecule has 15 heavy (non-hydrogen) atoms. The molecule has 1 rings (SSSR count). The van der Waals surface area contributed by atoms with Crippen molar-refractivity contribution in [3.8, 4) is 0 Å². The first-order valence-corrected chi connectivity index (χ1v) is 4.94. The van der Waals surface area contributed by atoms with Crippen LogP contribution >= 0.6 is 11.6 Å². The zero-order chi connectivity index (χ0) is 11.1. The number of urea groups is 1. The molecule has 0 spiro atoms. The van der Waals surface area contributed by atoms with Crippen LogP contribution in [0.2, 0.25) is 5.02 Å². The number of hydrogen-bond acceptors (Lipinski definition) is 2. The van der Waals surface area contributed by atoms with Gasteiger partial charge in [-0.15, -0.1) is 0 Å². The molecular weight excluding hydrogens is 214 g/mol. The van der Waals surface area contributed by atoms with Crippen LogP contribution < -0.4 is 10.6 Å². The van der Waals surface area contributed by atoms with Crippen LogP contribution in [0.15, 0.2) is 30.6 Å². The first kappa shape index (κ1) is 11.5. The van der Waals surface area contributed by atoms with Crippen molar-refractivity contribution in [3.63, 3.8) is 0 Å². The van der Waals surface area contributed by atoms with Gasteiger partial charge in [-0.3, -0.25) is 5.32 Å². The van der Waals surface area contributed by atoms with Gasteiger partial charge in [-0.05, 0) is 18.6 Å². The van der Waals surface area contributed by atoms with Crippen molar-refractivity contribution >= 4 is 23.4 Å². The van der Waals surface area contributed by atoms with Gasteiger partial charge in [-0.2, -0.15) is 0 Å². The number of pyridine rings is 1. The Balaban J connectivity index is 2.48. The molecule has 0 saturated heterocycles. The number of rotatable bonds is 3. The van der Waals surface area contributed by atoms with Crippen molar-refractivity contribution in [2.75, 3.05) is 5.32 Å². The highest BCUT2D eigenvalue weighted by molar-refractivity contribution is 6.30. The minimum atomic E-state index is -0.338. The lowest BCUT2D eigenvalue weighted by atomic mass is 10.4. The molecule has 5 heteroatoms. The lowest BCUT2D eigenvalue weighted by Crippen LogP contribution is -2.24. The number of halogens is 1. The normalized spacial score (nSPS) is 10.3. The Morgan fingerprint density at radius 1 is 1.67 bits per heavy atom. The second-order valence-corrected chi connectivity index (χ2v) is 3.20. The van der Waals surface area contributed by atoms with Gasteiger partial charge in [0.05, 0.1) is 0 Å². The van der Waals surface area contributed by atoms with E-state index in [4.69, 9.17) is 11.6 Å². The van der Waals surface area contributed by atoms with Crippen LogP contribution in [0, 0.1) is 0 Å². The third kappa shape index (κ3) is 4.46. The van der Waals surface area contributed by atoms with Crippen molar-refractivity contribution in [2.45, 2.75) is 13.3 Å². The number of carbonyl (C=O) groups excluding carboxylic acids is 1. The molecule has 2 amide bonds. The fraction of sp³-hybridized carbons (Fsp3) is 0.200. The fourth-order valence-electron chi connectivity index (χ4n) is 0.878. The molecule has 0 aliphatic carbocycles. The van der Waals surface area contributed by atoms with E-state index in [0.717, 1.165) is 6.42 Å². The molecule has 0 fully saturated rings. The molecule has 0 saturated carbocycles. The highest BCUT2D eigenvalue weighted by atomic mass is 35.5. The van der Waals surface area contributed by atoms with E-state index in [2.05, 4.69) is 15.6 Å². The Morgan fingerprint density at radius 2 is 2.47 bits per heavy atom. The number of amides is 2. The number of nitrogens with one attached hydrogen (secondary N) is 2. The van der Waals surface area contributed by atoms with Gasteiger partial charge >= 0.3 is 6.03 Å². The Bertz CT molecular complexity index is 365. The summed E-state index contributed by atoms with van der Waals surface area (Å²) in [7, 11) is 0. The summed E-state index contributed by atoms with van der Waals surface area (Å²) in [5, 5.41) is 5.61. The van der Waals surface area contributed by atoms with Crippen LogP contribution in [0.3, 0.4) is 0 Å². The van der Waals surface area contributed by atoms with Gasteiger partial charge in [0.25, 0.3) is 0 Å². The van der Waals surface area contributed by atoms with Gasteiger partial charge < -0.3 is 5.32 Å². The topological polar surface area (TPSA) is 54.0 Å². The predicted molar refractivity (Wildman–Crippen MR) is 60.8 cm³/mol. The van der Waals surface area contributed by atoms with Gasteiger partial charge in [0.15, 0.2) is 0 Å². The minimum Gasteiger partial charge on any atom is -0.315 e. The summed E-state index contributed by atoms with van der Waals surface area (Å²) in [6.07, 6.45) is 5.82. The second kappa shape index (κ2) is 6.03. The number of allylic oxidation sites excluding steroid dienone is 1. The summed E-state index contributed by atoms with van der Waals surface area (Å²) in [5.74, 6) is 0.421. The molecule has 0 atom stereocenters. The summed E-state index contributed by atoms with van der Waals surface area (Å²) < 4.78 is 0. The number of nitrogens with zero attached hydrogens (tertiary/aromatic N) is 1. The van der Waals surface area contributed by atoms with E-state index < -0.39 is 0 Å². The van der Waals surface area contributed by atoms with Crippen molar-refractivity contribution in [3.05, 3.63) is 35.6 Å². The molecule has 0 aliphatic heterocycles. The first-order valence-electron chi connectivity index (χ1n) is 4.56. The van der Waals surface area contributed by atoms with E-state index in [0.29, 0.717) is 10.8 Å². The van der Waals surface area contributed by atoms with E-state index >= 15 is 0 Å². The summed E-state index contributed by atoms with van der Waals surface area (Å²) >= 11 is 5.73. The molecule has 80 valence electrons. The molecule has 0 radical (unpaired) electrons. The molecule has 2 N–H and O–H groups in total. The first-order chi connectivity index (χ1) is 7.22. The van der Waals surface area contributed by atoms with E-state index in [1.165, 1.54) is 6.20 Å². The molecule has 4 nitrogen and oxygen atoms in total. The number of aromatic nitrogens is 1. The maximum atomic E-state index is 11.2. The van der Waals surface area contributed by atoms with E-state index in [1.807, 2.05) is 13.0 Å². The molecule has 1 aromatic heterocycles. The van der Waals surface area contributed by atoms with Crippen LogP contribution in [0.25, 0.3) is 0 Å². The Morgan fingerprint density at radius 3 is 3.13 bits per heavy atom. The molecule has 1 aromatic rings. The van der Waals surface area contributed by atoms with Crippen LogP contribution in [0.4, 0.5) is 10.6 Å². The highest BCUT2D eigenvalue weighted by Crippen LogP contribution is 2.11. The van der Waals surface area contributed by atoms with Crippen LogP contribution in [0.5, 0.6) is 0 Å². The van der Waals surface area contributed by atoms with Gasteiger partial charge in [-0.25, -0.2) is 9.78 Å². The molecule has 0 unspecified atom stereocenters. The molecule has 1 heterocycles. The average Bonchev–Trinajstić information content (AvgIpc) is 2.18. The predicted octanol–water partition coefficient (Wildman–Crippen LogP) is 2.78. The van der Waals surface area contributed by atoms with Crippen molar-refractivity contribution < 1.29 is 4.79 Å². The standard InChI is InChI=1S/C10H12ClN3O/c1-2-3-5-13-10(15)14-9-7-8(11)4-6-12-9/h3-7H,2H2,1H3,(H2,12,13,14,15)/b5-3+. The molecule has 0 aromatic carbocycles. The smallest absolute Gasteiger partial charge is 0.315 e. The Labute approximate surface area is 93.4 Å². The molecule has 0 bridgehead atoms. The van der Waals surface area contributed by atoms with Gasteiger partial charge in [0, 0.05) is 17.4 Å². The third-order valence-electron chi connectivity index (χ3n) is 1.53. The second-order valence-electron chi connectivity index (χ2n) is 2.77. The molecular formula is C10H12ClN3O. The fourth-order valence-corrected chi connectivity index (χ4v) is 1.04. The minimum absolute atomic E-state index is 0.338. The maximum absolute atomic E-state index is 11.2. The monoisotopic (exact) mass is 225 g/mol.